The van der Waals surface area contributed by atoms with Gasteiger partial charge in [0.05, 0.1) is 12.1 Å². The molecule has 2 rings (SSSR count). The number of thiophene rings is 1. The Balaban J connectivity index is 2.12. The number of hydrogen-bond donors (Lipinski definition) is 2. The van der Waals surface area contributed by atoms with E-state index < -0.39 is 0 Å². The summed E-state index contributed by atoms with van der Waals surface area (Å²) in [5.74, 6) is 0.406. The van der Waals surface area contributed by atoms with E-state index in [2.05, 4.69) is 36.3 Å². The number of aliphatic hydroxyl groups is 1. The predicted molar refractivity (Wildman–Crippen MR) is 72.1 cm³/mol. The summed E-state index contributed by atoms with van der Waals surface area (Å²) in [6.07, 6.45) is 0.834. The summed E-state index contributed by atoms with van der Waals surface area (Å²) >= 11 is 1.75. The number of nitrogens with two attached hydrogens (primary N) is 1. The van der Waals surface area contributed by atoms with Crippen molar-refractivity contribution < 1.29 is 5.11 Å². The van der Waals surface area contributed by atoms with Crippen molar-refractivity contribution in [1.82, 2.24) is 4.90 Å². The van der Waals surface area contributed by atoms with Gasteiger partial charge in [-0.2, -0.15) is 0 Å². The highest BCUT2D eigenvalue weighted by Crippen LogP contribution is 2.31. The number of piperidine rings is 1. The van der Waals surface area contributed by atoms with E-state index in [1.54, 1.807) is 11.3 Å². The molecule has 0 aromatic carbocycles. The number of nitrogens with zero attached hydrogens (tertiary/aromatic N) is 1. The molecule has 0 aliphatic carbocycles. The van der Waals surface area contributed by atoms with E-state index in [0.29, 0.717) is 5.92 Å². The van der Waals surface area contributed by atoms with Gasteiger partial charge in [0.1, 0.15) is 0 Å². The highest BCUT2D eigenvalue weighted by molar-refractivity contribution is 7.10. The van der Waals surface area contributed by atoms with Crippen LogP contribution in [0.15, 0.2) is 17.5 Å². The van der Waals surface area contributed by atoms with Crippen molar-refractivity contribution in [3.8, 4) is 0 Å². The smallest absolute Gasteiger partial charge is 0.0693 e. The van der Waals surface area contributed by atoms with Gasteiger partial charge < -0.3 is 10.8 Å². The Hall–Kier alpha value is -0.420. The minimum atomic E-state index is -0.218. The molecule has 3 nitrogen and oxygen atoms in total. The summed E-state index contributed by atoms with van der Waals surface area (Å²) in [6, 6.07) is 4.55. The molecule has 1 saturated heterocycles. The molecule has 4 heteroatoms. The molecular formula is C13H22N2OS. The first kappa shape index (κ1) is 13.0. The van der Waals surface area contributed by atoms with Crippen LogP contribution < -0.4 is 5.73 Å². The maximum Gasteiger partial charge on any atom is 0.0693 e. The molecule has 1 aliphatic rings. The molecule has 1 aromatic rings. The standard InChI is InChI=1S/C13H22N2OS/c1-9-5-6-15(8-11(9)16)13(10(2)14)12-4-3-7-17-12/h3-4,7,9-11,13,16H,5-6,8,14H2,1-2H3. The molecule has 1 fully saturated rings. The lowest BCUT2D eigenvalue weighted by Gasteiger charge is -2.40. The number of aliphatic hydroxyl groups excluding tert-OH is 1. The lowest BCUT2D eigenvalue weighted by atomic mass is 9.93. The first-order valence-electron chi connectivity index (χ1n) is 6.30. The van der Waals surface area contributed by atoms with Crippen molar-refractivity contribution >= 4 is 11.3 Å². The van der Waals surface area contributed by atoms with E-state index in [-0.39, 0.29) is 18.2 Å². The lowest BCUT2D eigenvalue weighted by Crippen LogP contribution is -2.48. The van der Waals surface area contributed by atoms with Crippen molar-refractivity contribution in [1.29, 1.82) is 0 Å². The first-order chi connectivity index (χ1) is 8.09. The molecule has 0 bridgehead atoms. The maximum absolute atomic E-state index is 10.00. The zero-order valence-corrected chi connectivity index (χ0v) is 11.4. The van der Waals surface area contributed by atoms with E-state index in [9.17, 15) is 5.11 Å². The summed E-state index contributed by atoms with van der Waals surface area (Å²) < 4.78 is 0. The van der Waals surface area contributed by atoms with E-state index >= 15 is 0 Å². The molecule has 2 heterocycles. The van der Waals surface area contributed by atoms with Gasteiger partial charge in [0.15, 0.2) is 0 Å². The van der Waals surface area contributed by atoms with Crippen LogP contribution in [0, 0.1) is 5.92 Å². The molecule has 1 aromatic heterocycles. The van der Waals surface area contributed by atoms with Gasteiger partial charge in [-0.25, -0.2) is 0 Å². The van der Waals surface area contributed by atoms with Gasteiger partial charge >= 0.3 is 0 Å². The van der Waals surface area contributed by atoms with E-state index in [0.717, 1.165) is 19.5 Å². The van der Waals surface area contributed by atoms with Crippen LogP contribution >= 0.6 is 11.3 Å². The second kappa shape index (κ2) is 5.48. The summed E-state index contributed by atoms with van der Waals surface area (Å²) in [4.78, 5) is 3.64. The van der Waals surface area contributed by atoms with Gasteiger partial charge in [-0.1, -0.05) is 13.0 Å². The van der Waals surface area contributed by atoms with Crippen LogP contribution in [0.4, 0.5) is 0 Å². The van der Waals surface area contributed by atoms with Crippen molar-refractivity contribution in [2.45, 2.75) is 38.5 Å². The average Bonchev–Trinajstić information content (AvgIpc) is 2.76. The monoisotopic (exact) mass is 254 g/mol. The van der Waals surface area contributed by atoms with Crippen molar-refractivity contribution in [2.75, 3.05) is 13.1 Å². The number of likely N-dealkylation sites (tertiary alicyclic amines) is 1. The Morgan fingerprint density at radius 1 is 1.59 bits per heavy atom. The molecule has 1 aliphatic heterocycles. The fourth-order valence-corrected chi connectivity index (χ4v) is 3.53. The second-order valence-electron chi connectivity index (χ2n) is 5.15. The van der Waals surface area contributed by atoms with Gasteiger partial charge in [0, 0.05) is 17.5 Å². The topological polar surface area (TPSA) is 49.5 Å². The van der Waals surface area contributed by atoms with Crippen molar-refractivity contribution in [3.05, 3.63) is 22.4 Å². The molecule has 4 atom stereocenters. The van der Waals surface area contributed by atoms with Crippen molar-refractivity contribution in [2.24, 2.45) is 11.7 Å². The third kappa shape index (κ3) is 2.88. The molecule has 96 valence electrons. The minimum absolute atomic E-state index is 0.0919. The Morgan fingerprint density at radius 2 is 2.35 bits per heavy atom. The molecule has 0 saturated carbocycles. The quantitative estimate of drug-likeness (QED) is 0.865. The van der Waals surface area contributed by atoms with Gasteiger partial charge in [-0.3, -0.25) is 4.90 Å². The second-order valence-corrected chi connectivity index (χ2v) is 6.13. The van der Waals surface area contributed by atoms with E-state index in [1.165, 1.54) is 4.88 Å². The third-order valence-corrected chi connectivity index (χ3v) is 4.62. The summed E-state index contributed by atoms with van der Waals surface area (Å²) in [6.45, 7) is 5.94. The number of hydrogen-bond acceptors (Lipinski definition) is 4. The Kier molecular flexibility index (Phi) is 4.20. The highest BCUT2D eigenvalue weighted by atomic mass is 32.1. The average molecular weight is 254 g/mol. The van der Waals surface area contributed by atoms with Gasteiger partial charge in [-0.15, -0.1) is 11.3 Å². The fraction of sp³-hybridized carbons (Fsp3) is 0.692. The Morgan fingerprint density at radius 3 is 2.88 bits per heavy atom. The van der Waals surface area contributed by atoms with Crippen LogP contribution in [0.2, 0.25) is 0 Å². The van der Waals surface area contributed by atoms with E-state index in [1.807, 2.05) is 0 Å². The fourth-order valence-electron chi connectivity index (χ4n) is 2.56. The molecule has 4 unspecified atom stereocenters. The molecule has 0 spiro atoms. The summed E-state index contributed by atoms with van der Waals surface area (Å²) in [5, 5.41) is 12.1. The van der Waals surface area contributed by atoms with Crippen molar-refractivity contribution in [3.63, 3.8) is 0 Å². The SMILES string of the molecule is CC(N)C(c1cccs1)N1CCC(C)C(O)C1. The number of β-amino-alcohol motifs (C(OH)–C–C–N with tert-alkyl or cyclic N) is 1. The van der Waals surface area contributed by atoms with Gasteiger partial charge in [0.25, 0.3) is 0 Å². The summed E-state index contributed by atoms with van der Waals surface area (Å²) in [5.41, 5.74) is 6.12. The Bertz CT molecular complexity index is 339. The zero-order chi connectivity index (χ0) is 12.4. The van der Waals surface area contributed by atoms with Gasteiger partial charge in [0.2, 0.25) is 0 Å². The molecule has 0 amide bonds. The summed E-state index contributed by atoms with van der Waals surface area (Å²) in [7, 11) is 0. The number of rotatable bonds is 3. The van der Waals surface area contributed by atoms with Crippen LogP contribution in [0.1, 0.15) is 31.2 Å². The molecule has 3 N–H and O–H groups in total. The highest BCUT2D eigenvalue weighted by Gasteiger charge is 2.31. The maximum atomic E-state index is 10.00. The first-order valence-corrected chi connectivity index (χ1v) is 7.18. The Labute approximate surface area is 107 Å². The van der Waals surface area contributed by atoms with Crippen LogP contribution in [-0.4, -0.2) is 35.2 Å². The molecular weight excluding hydrogens is 232 g/mol. The van der Waals surface area contributed by atoms with Crippen LogP contribution in [0.25, 0.3) is 0 Å². The molecule has 0 radical (unpaired) electrons. The largest absolute Gasteiger partial charge is 0.392 e. The minimum Gasteiger partial charge on any atom is -0.392 e. The lowest BCUT2D eigenvalue weighted by molar-refractivity contribution is 0.00612. The van der Waals surface area contributed by atoms with Gasteiger partial charge in [-0.05, 0) is 37.3 Å². The van der Waals surface area contributed by atoms with Crippen LogP contribution in [-0.2, 0) is 0 Å². The zero-order valence-electron chi connectivity index (χ0n) is 10.5. The van der Waals surface area contributed by atoms with Crippen LogP contribution in [0.5, 0.6) is 0 Å². The molecule has 17 heavy (non-hydrogen) atoms. The van der Waals surface area contributed by atoms with E-state index in [4.69, 9.17) is 5.73 Å². The third-order valence-electron chi connectivity index (χ3n) is 3.68. The normalized spacial score (nSPS) is 30.1. The predicted octanol–water partition coefficient (Wildman–Crippen LogP) is 1.84. The van der Waals surface area contributed by atoms with Crippen LogP contribution in [0.3, 0.4) is 0 Å².